The Hall–Kier alpha value is -2.16. The third-order valence-corrected chi connectivity index (χ3v) is 4.08. The van der Waals surface area contributed by atoms with E-state index in [1.807, 2.05) is 6.92 Å². The van der Waals surface area contributed by atoms with Gasteiger partial charge in [-0.15, -0.1) is 0 Å². The van der Waals surface area contributed by atoms with E-state index in [9.17, 15) is 9.59 Å². The van der Waals surface area contributed by atoms with Gasteiger partial charge in [-0.2, -0.15) is 0 Å². The first-order chi connectivity index (χ1) is 11.1. The molecule has 0 fully saturated rings. The summed E-state index contributed by atoms with van der Waals surface area (Å²) in [6.45, 7) is 3.59. The molecule has 0 atom stereocenters. The maximum absolute atomic E-state index is 10.5. The van der Waals surface area contributed by atoms with Gasteiger partial charge in [-0.25, -0.2) is 9.59 Å². The van der Waals surface area contributed by atoms with E-state index in [1.54, 1.807) is 25.1 Å². The van der Waals surface area contributed by atoms with Gasteiger partial charge in [0.05, 0.1) is 11.1 Å². The van der Waals surface area contributed by atoms with Gasteiger partial charge in [-0.1, -0.05) is 33.6 Å². The highest BCUT2D eigenvalue weighted by molar-refractivity contribution is 9.10. The quantitative estimate of drug-likeness (QED) is 0.590. The summed E-state index contributed by atoms with van der Waals surface area (Å²) >= 11 is 3.25. The fourth-order valence-electron chi connectivity index (χ4n) is 1.78. The molecule has 24 heavy (non-hydrogen) atoms. The average Bonchev–Trinajstić information content (AvgIpc) is 2.50. The Labute approximate surface area is 147 Å². The van der Waals surface area contributed by atoms with Crippen LogP contribution in [0.1, 0.15) is 31.8 Å². The molecule has 0 saturated carbocycles. The summed E-state index contributed by atoms with van der Waals surface area (Å²) in [6.07, 6.45) is 0. The molecule has 8 heteroatoms. The van der Waals surface area contributed by atoms with Crippen molar-refractivity contribution in [2.75, 3.05) is 0 Å². The summed E-state index contributed by atoms with van der Waals surface area (Å²) < 4.78 is 0.831. The van der Waals surface area contributed by atoms with Crippen molar-refractivity contribution in [2.24, 2.45) is 0 Å². The molecule has 6 nitrogen and oxygen atoms in total. The molecular formula is C16H16BBrO6. The molecule has 2 aromatic rings. The molecule has 0 aliphatic rings. The van der Waals surface area contributed by atoms with Crippen molar-refractivity contribution in [3.63, 3.8) is 0 Å². The van der Waals surface area contributed by atoms with Crippen molar-refractivity contribution in [3.05, 3.63) is 63.1 Å². The number of aromatic carboxylic acids is 2. The second-order valence-electron chi connectivity index (χ2n) is 5.02. The molecule has 2 aromatic carbocycles. The number of carboxylic acid groups (broad SMARTS) is 2. The molecule has 0 amide bonds. The summed E-state index contributed by atoms with van der Waals surface area (Å²) in [5, 5.41) is 34.9. The summed E-state index contributed by atoms with van der Waals surface area (Å²) in [4.78, 5) is 21.0. The SMILES string of the molecule is Cc1ccc(C(=O)O)cc1B(O)O.Cc1ccc(C(=O)O)cc1Br. The highest BCUT2D eigenvalue weighted by atomic mass is 79.9. The zero-order valence-electron chi connectivity index (χ0n) is 13.0. The van der Waals surface area contributed by atoms with Crippen LogP contribution in [0.25, 0.3) is 0 Å². The van der Waals surface area contributed by atoms with Crippen molar-refractivity contribution in [2.45, 2.75) is 13.8 Å². The van der Waals surface area contributed by atoms with Crippen molar-refractivity contribution in [1.82, 2.24) is 0 Å². The van der Waals surface area contributed by atoms with Gasteiger partial charge >= 0.3 is 19.1 Å². The van der Waals surface area contributed by atoms with Crippen molar-refractivity contribution in [1.29, 1.82) is 0 Å². The normalized spacial score (nSPS) is 9.71. The molecule has 0 heterocycles. The maximum atomic E-state index is 10.5. The Morgan fingerprint density at radius 2 is 1.33 bits per heavy atom. The van der Waals surface area contributed by atoms with E-state index in [1.165, 1.54) is 18.2 Å². The first kappa shape index (κ1) is 19.9. The average molecular weight is 395 g/mol. The number of carbonyl (C=O) groups is 2. The summed E-state index contributed by atoms with van der Waals surface area (Å²) in [5.41, 5.74) is 2.27. The van der Waals surface area contributed by atoms with Gasteiger partial charge in [0.1, 0.15) is 0 Å². The third-order valence-electron chi connectivity index (χ3n) is 3.22. The molecule has 0 spiro atoms. The minimum absolute atomic E-state index is 0.0497. The van der Waals surface area contributed by atoms with E-state index in [-0.39, 0.29) is 11.0 Å². The fraction of sp³-hybridized carbons (Fsp3) is 0.125. The summed E-state index contributed by atoms with van der Waals surface area (Å²) in [6, 6.07) is 9.16. The number of rotatable bonds is 3. The molecule has 4 N–H and O–H groups in total. The lowest BCUT2D eigenvalue weighted by Gasteiger charge is -2.04. The first-order valence-corrected chi connectivity index (χ1v) is 7.62. The van der Waals surface area contributed by atoms with Gasteiger partial charge in [0.15, 0.2) is 0 Å². The number of benzene rings is 2. The third kappa shape index (κ3) is 5.49. The molecule has 2 rings (SSSR count). The van der Waals surface area contributed by atoms with Gasteiger partial charge in [0.2, 0.25) is 0 Å². The zero-order chi connectivity index (χ0) is 18.4. The van der Waals surface area contributed by atoms with Gasteiger partial charge in [0, 0.05) is 4.47 Å². The van der Waals surface area contributed by atoms with Crippen molar-refractivity contribution < 1.29 is 29.9 Å². The van der Waals surface area contributed by atoms with Crippen LogP contribution < -0.4 is 5.46 Å². The van der Waals surface area contributed by atoms with E-state index in [0.29, 0.717) is 11.1 Å². The monoisotopic (exact) mass is 394 g/mol. The zero-order valence-corrected chi connectivity index (χ0v) is 14.6. The second kappa shape index (κ2) is 8.63. The number of hydrogen-bond acceptors (Lipinski definition) is 4. The van der Waals surface area contributed by atoms with Gasteiger partial charge in [0.25, 0.3) is 0 Å². The summed E-state index contributed by atoms with van der Waals surface area (Å²) in [7, 11) is -1.63. The largest absolute Gasteiger partial charge is 0.488 e. The molecule has 0 aliphatic carbocycles. The van der Waals surface area contributed by atoms with E-state index in [4.69, 9.17) is 20.3 Å². The van der Waals surface area contributed by atoms with Crippen LogP contribution in [-0.4, -0.2) is 39.3 Å². The van der Waals surface area contributed by atoms with E-state index < -0.39 is 19.1 Å². The van der Waals surface area contributed by atoms with Crippen LogP contribution in [0.15, 0.2) is 40.9 Å². The topological polar surface area (TPSA) is 115 Å². The number of halogens is 1. The minimum Gasteiger partial charge on any atom is -0.478 e. The standard InChI is InChI=1S/C8H9BO4.C8H7BrO2/c1-5-2-3-6(8(10)11)4-7(5)9(12)13;1-5-2-3-6(8(10)11)4-7(5)9/h2-4,12-13H,1H3,(H,10,11);2-4H,1H3,(H,10,11). The second-order valence-corrected chi connectivity index (χ2v) is 5.87. The van der Waals surface area contributed by atoms with Crippen LogP contribution in [0.5, 0.6) is 0 Å². The lowest BCUT2D eigenvalue weighted by molar-refractivity contribution is 0.0686. The van der Waals surface area contributed by atoms with Crippen molar-refractivity contribution >= 4 is 40.4 Å². The highest BCUT2D eigenvalue weighted by Crippen LogP contribution is 2.17. The Kier molecular flexibility index (Phi) is 7.15. The fourth-order valence-corrected chi connectivity index (χ4v) is 2.16. The highest BCUT2D eigenvalue weighted by Gasteiger charge is 2.15. The van der Waals surface area contributed by atoms with Crippen LogP contribution >= 0.6 is 15.9 Å². The molecule has 0 radical (unpaired) electrons. The molecule has 0 aromatic heterocycles. The predicted octanol–water partition coefficient (Wildman–Crippen LogP) is 1.83. The van der Waals surface area contributed by atoms with Crippen LogP contribution in [0.3, 0.4) is 0 Å². The Morgan fingerprint density at radius 3 is 1.75 bits per heavy atom. The predicted molar refractivity (Wildman–Crippen MR) is 93.8 cm³/mol. The number of aryl methyl sites for hydroxylation is 2. The van der Waals surface area contributed by atoms with Gasteiger partial charge in [-0.05, 0) is 49.1 Å². The van der Waals surface area contributed by atoms with Crippen LogP contribution in [0.4, 0.5) is 0 Å². The van der Waals surface area contributed by atoms with Gasteiger partial charge < -0.3 is 20.3 Å². The smallest absolute Gasteiger partial charge is 0.478 e. The van der Waals surface area contributed by atoms with Crippen LogP contribution in [0.2, 0.25) is 0 Å². The van der Waals surface area contributed by atoms with Crippen LogP contribution in [-0.2, 0) is 0 Å². The molecule has 0 unspecified atom stereocenters. The molecule has 0 aliphatic heterocycles. The van der Waals surface area contributed by atoms with Gasteiger partial charge in [-0.3, -0.25) is 0 Å². The molecule has 0 saturated heterocycles. The van der Waals surface area contributed by atoms with Crippen LogP contribution in [0, 0.1) is 13.8 Å². The minimum atomic E-state index is -1.63. The Morgan fingerprint density at radius 1 is 0.875 bits per heavy atom. The molecule has 0 bridgehead atoms. The first-order valence-electron chi connectivity index (χ1n) is 6.83. The lowest BCUT2D eigenvalue weighted by atomic mass is 9.76. The number of carboxylic acids is 2. The molecular weight excluding hydrogens is 379 g/mol. The number of hydrogen-bond donors (Lipinski definition) is 4. The Balaban J connectivity index is 0.000000243. The van der Waals surface area contributed by atoms with E-state index >= 15 is 0 Å². The maximum Gasteiger partial charge on any atom is 0.488 e. The van der Waals surface area contributed by atoms with Crippen molar-refractivity contribution in [3.8, 4) is 0 Å². The van der Waals surface area contributed by atoms with E-state index in [0.717, 1.165) is 10.0 Å². The van der Waals surface area contributed by atoms with E-state index in [2.05, 4.69) is 15.9 Å². The Bertz CT molecular complexity index is 760. The lowest BCUT2D eigenvalue weighted by Crippen LogP contribution is -2.32. The summed E-state index contributed by atoms with van der Waals surface area (Å²) in [5.74, 6) is -1.98. The molecule has 126 valence electrons.